The summed E-state index contributed by atoms with van der Waals surface area (Å²) in [6.07, 6.45) is 2.68. The zero-order valence-electron chi connectivity index (χ0n) is 17.2. The molecule has 0 aliphatic carbocycles. The predicted molar refractivity (Wildman–Crippen MR) is 114 cm³/mol. The van der Waals surface area contributed by atoms with E-state index in [4.69, 9.17) is 4.74 Å². The first-order chi connectivity index (χ1) is 14.3. The van der Waals surface area contributed by atoms with E-state index in [0.29, 0.717) is 24.3 Å². The number of ether oxygens (including phenoxy) is 1. The fraction of sp³-hybridized carbons (Fsp3) is 0.364. The fourth-order valence-electron chi connectivity index (χ4n) is 3.33. The first-order valence-electron chi connectivity index (χ1n) is 9.90. The molecule has 1 fully saturated rings. The van der Waals surface area contributed by atoms with Gasteiger partial charge >= 0.3 is 5.97 Å². The maximum atomic E-state index is 12.9. The SMILES string of the molecule is Cc1ccc(S(=O)(=O)N2CCCCC2)cc1C(=O)OCC(=O)N(C)c1ccccc1. The van der Waals surface area contributed by atoms with Crippen molar-refractivity contribution in [2.75, 3.05) is 31.6 Å². The van der Waals surface area contributed by atoms with E-state index in [2.05, 4.69) is 0 Å². The number of likely N-dealkylation sites (N-methyl/N-ethyl adjacent to an activating group) is 1. The Labute approximate surface area is 177 Å². The van der Waals surface area contributed by atoms with Gasteiger partial charge < -0.3 is 9.64 Å². The number of piperidine rings is 1. The van der Waals surface area contributed by atoms with Gasteiger partial charge in [-0.3, -0.25) is 4.79 Å². The molecule has 0 aromatic heterocycles. The van der Waals surface area contributed by atoms with Crippen molar-refractivity contribution in [1.82, 2.24) is 4.31 Å². The number of rotatable bonds is 6. The number of hydrogen-bond donors (Lipinski definition) is 0. The molecule has 7 nitrogen and oxygen atoms in total. The largest absolute Gasteiger partial charge is 0.452 e. The number of carbonyl (C=O) groups excluding carboxylic acids is 2. The molecule has 0 radical (unpaired) electrons. The summed E-state index contributed by atoms with van der Waals surface area (Å²) in [7, 11) is -2.07. The second-order valence-electron chi connectivity index (χ2n) is 7.31. The minimum atomic E-state index is -3.67. The van der Waals surface area contributed by atoms with Gasteiger partial charge in [-0.2, -0.15) is 4.31 Å². The normalized spacial score (nSPS) is 14.9. The molecule has 0 N–H and O–H groups in total. The minimum Gasteiger partial charge on any atom is -0.452 e. The molecule has 2 aromatic rings. The Hall–Kier alpha value is -2.71. The van der Waals surface area contributed by atoms with Crippen LogP contribution in [0.3, 0.4) is 0 Å². The average molecular weight is 431 g/mol. The second kappa shape index (κ2) is 9.40. The molecular weight excluding hydrogens is 404 g/mol. The van der Waals surface area contributed by atoms with Crippen LogP contribution in [0, 0.1) is 6.92 Å². The lowest BCUT2D eigenvalue weighted by molar-refractivity contribution is -0.121. The molecule has 0 bridgehead atoms. The third-order valence-electron chi connectivity index (χ3n) is 5.23. The second-order valence-corrected chi connectivity index (χ2v) is 9.24. The van der Waals surface area contributed by atoms with E-state index < -0.39 is 22.6 Å². The monoisotopic (exact) mass is 430 g/mol. The molecule has 1 aliphatic heterocycles. The smallest absolute Gasteiger partial charge is 0.338 e. The van der Waals surface area contributed by atoms with Crippen LogP contribution in [0.15, 0.2) is 53.4 Å². The van der Waals surface area contributed by atoms with Crippen molar-refractivity contribution >= 4 is 27.6 Å². The van der Waals surface area contributed by atoms with Crippen LogP contribution in [0.1, 0.15) is 35.2 Å². The average Bonchev–Trinajstić information content (AvgIpc) is 2.78. The lowest BCUT2D eigenvalue weighted by Crippen LogP contribution is -2.35. The molecule has 0 saturated carbocycles. The molecule has 8 heteroatoms. The third kappa shape index (κ3) is 4.88. The molecule has 1 amide bonds. The minimum absolute atomic E-state index is 0.0645. The maximum Gasteiger partial charge on any atom is 0.338 e. The summed E-state index contributed by atoms with van der Waals surface area (Å²) in [5, 5.41) is 0. The molecule has 3 rings (SSSR count). The molecule has 1 heterocycles. The Morgan fingerprint density at radius 1 is 1.03 bits per heavy atom. The van der Waals surface area contributed by atoms with Crippen LogP contribution in [0.5, 0.6) is 0 Å². The highest BCUT2D eigenvalue weighted by atomic mass is 32.2. The highest BCUT2D eigenvalue weighted by molar-refractivity contribution is 7.89. The number of hydrogen-bond acceptors (Lipinski definition) is 5. The number of nitrogens with zero attached hydrogens (tertiary/aromatic N) is 2. The number of anilines is 1. The molecule has 0 atom stereocenters. The number of sulfonamides is 1. The first kappa shape index (κ1) is 22.0. The number of benzene rings is 2. The number of aryl methyl sites for hydroxylation is 1. The van der Waals surface area contributed by atoms with E-state index in [1.54, 1.807) is 32.2 Å². The van der Waals surface area contributed by atoms with Gasteiger partial charge in [-0.15, -0.1) is 0 Å². The topological polar surface area (TPSA) is 84.0 Å². The van der Waals surface area contributed by atoms with E-state index >= 15 is 0 Å². The van der Waals surface area contributed by atoms with Crippen molar-refractivity contribution in [3.05, 3.63) is 59.7 Å². The van der Waals surface area contributed by atoms with Crippen molar-refractivity contribution in [2.24, 2.45) is 0 Å². The Morgan fingerprint density at radius 3 is 2.37 bits per heavy atom. The Balaban J connectivity index is 1.71. The molecule has 1 saturated heterocycles. The van der Waals surface area contributed by atoms with Gasteiger partial charge in [0, 0.05) is 25.8 Å². The summed E-state index contributed by atoms with van der Waals surface area (Å²) in [6, 6.07) is 13.4. The highest BCUT2D eigenvalue weighted by Crippen LogP contribution is 2.23. The molecular formula is C22H26N2O5S. The quantitative estimate of drug-likeness (QED) is 0.658. The van der Waals surface area contributed by atoms with E-state index in [1.165, 1.54) is 21.3 Å². The van der Waals surface area contributed by atoms with Crippen LogP contribution >= 0.6 is 0 Å². The summed E-state index contributed by atoms with van der Waals surface area (Å²) >= 11 is 0. The summed E-state index contributed by atoms with van der Waals surface area (Å²) in [5.41, 5.74) is 1.41. The number of carbonyl (C=O) groups is 2. The van der Waals surface area contributed by atoms with Gasteiger partial charge in [-0.25, -0.2) is 13.2 Å². The van der Waals surface area contributed by atoms with Crippen molar-refractivity contribution < 1.29 is 22.7 Å². The van der Waals surface area contributed by atoms with E-state index in [9.17, 15) is 18.0 Å². The number of para-hydroxylation sites is 1. The highest BCUT2D eigenvalue weighted by Gasteiger charge is 2.27. The molecule has 0 unspecified atom stereocenters. The van der Waals surface area contributed by atoms with Crippen molar-refractivity contribution in [1.29, 1.82) is 0 Å². The van der Waals surface area contributed by atoms with Gasteiger partial charge in [-0.1, -0.05) is 30.7 Å². The van der Waals surface area contributed by atoms with E-state index in [-0.39, 0.29) is 16.4 Å². The molecule has 30 heavy (non-hydrogen) atoms. The lowest BCUT2D eigenvalue weighted by atomic mass is 10.1. The van der Waals surface area contributed by atoms with Crippen molar-refractivity contribution in [3.8, 4) is 0 Å². The molecule has 2 aromatic carbocycles. The summed E-state index contributed by atoms with van der Waals surface area (Å²) in [6.45, 7) is 2.23. The number of esters is 1. The Kier molecular flexibility index (Phi) is 6.89. The van der Waals surface area contributed by atoms with Crippen LogP contribution in [0.2, 0.25) is 0 Å². The summed E-state index contributed by atoms with van der Waals surface area (Å²) in [4.78, 5) is 26.4. The van der Waals surface area contributed by atoms with Gasteiger partial charge in [0.2, 0.25) is 10.0 Å². The molecule has 0 spiro atoms. The van der Waals surface area contributed by atoms with Crippen LogP contribution in [-0.4, -0.2) is 51.3 Å². The maximum absolute atomic E-state index is 12.9. The van der Waals surface area contributed by atoms with Gasteiger partial charge in [-0.05, 0) is 49.6 Å². The lowest BCUT2D eigenvalue weighted by Gasteiger charge is -2.26. The number of amides is 1. The van der Waals surface area contributed by atoms with Gasteiger partial charge in [0.15, 0.2) is 6.61 Å². The standard InChI is InChI=1S/C22H26N2O5S/c1-17-11-12-19(30(27,28)24-13-7-4-8-14-24)15-20(17)22(26)29-16-21(25)23(2)18-9-5-3-6-10-18/h3,5-6,9-12,15H,4,7-8,13-14,16H2,1-2H3. The fourth-order valence-corrected chi connectivity index (χ4v) is 4.88. The Morgan fingerprint density at radius 2 is 1.70 bits per heavy atom. The summed E-state index contributed by atoms with van der Waals surface area (Å²) < 4.78 is 32.4. The van der Waals surface area contributed by atoms with Crippen LogP contribution in [0.25, 0.3) is 0 Å². The van der Waals surface area contributed by atoms with Gasteiger partial charge in [0.25, 0.3) is 5.91 Å². The van der Waals surface area contributed by atoms with E-state index in [0.717, 1.165) is 19.3 Å². The van der Waals surface area contributed by atoms with Gasteiger partial charge in [0.05, 0.1) is 10.5 Å². The molecule has 1 aliphatic rings. The zero-order valence-corrected chi connectivity index (χ0v) is 18.0. The predicted octanol–water partition coefficient (Wildman–Crippen LogP) is 2.99. The molecule has 160 valence electrons. The van der Waals surface area contributed by atoms with Crippen molar-refractivity contribution in [3.63, 3.8) is 0 Å². The summed E-state index contributed by atoms with van der Waals surface area (Å²) in [5.74, 6) is -1.11. The van der Waals surface area contributed by atoms with Crippen LogP contribution in [-0.2, 0) is 19.6 Å². The third-order valence-corrected chi connectivity index (χ3v) is 7.12. The zero-order chi connectivity index (χ0) is 21.7. The Bertz CT molecular complexity index is 1020. The van der Waals surface area contributed by atoms with Crippen LogP contribution < -0.4 is 4.90 Å². The first-order valence-corrected chi connectivity index (χ1v) is 11.3. The van der Waals surface area contributed by atoms with Gasteiger partial charge in [0.1, 0.15) is 0 Å². The van der Waals surface area contributed by atoms with E-state index in [1.807, 2.05) is 18.2 Å². The van der Waals surface area contributed by atoms with Crippen LogP contribution in [0.4, 0.5) is 5.69 Å². The van der Waals surface area contributed by atoms with Crippen molar-refractivity contribution in [2.45, 2.75) is 31.1 Å².